The number of phenolic OH excluding ortho intramolecular Hbond substituents is 1. The molecule has 2 aromatic carbocycles. The van der Waals surface area contributed by atoms with Crippen molar-refractivity contribution in [2.24, 2.45) is 0 Å². The number of phenols is 1. The van der Waals surface area contributed by atoms with E-state index in [1.165, 1.54) is 5.56 Å². The van der Waals surface area contributed by atoms with E-state index in [1.54, 1.807) is 0 Å². The summed E-state index contributed by atoms with van der Waals surface area (Å²) in [4.78, 5) is 0. The van der Waals surface area contributed by atoms with Crippen molar-refractivity contribution in [1.82, 2.24) is 0 Å². The second kappa shape index (κ2) is 6.29. The first-order chi connectivity index (χ1) is 8.97. The van der Waals surface area contributed by atoms with E-state index in [0.717, 1.165) is 15.7 Å². The minimum atomic E-state index is 0.226. The van der Waals surface area contributed by atoms with E-state index in [-0.39, 0.29) is 5.75 Å². The Balaban J connectivity index is 2.14. The quantitative estimate of drug-likeness (QED) is 0.639. The molecule has 0 radical (unpaired) electrons. The fourth-order valence-corrected chi connectivity index (χ4v) is 3.50. The molecule has 19 heavy (non-hydrogen) atoms. The van der Waals surface area contributed by atoms with Crippen LogP contribution in [0, 0.1) is 6.92 Å². The number of aryl methyl sites for hydroxylation is 1. The Labute approximate surface area is 137 Å². The standard InChI is InChI=1S/C14H12Br3NO/c1-8-4-10(15)2-3-13(8)18-7-9-5-11(16)14(19)12(17)6-9/h2-6,18-19H,7H2,1H3. The van der Waals surface area contributed by atoms with Crippen LogP contribution >= 0.6 is 47.8 Å². The third-order valence-electron chi connectivity index (χ3n) is 2.75. The maximum absolute atomic E-state index is 9.67. The van der Waals surface area contributed by atoms with Gasteiger partial charge in [0.1, 0.15) is 5.75 Å². The lowest BCUT2D eigenvalue weighted by Crippen LogP contribution is -2.01. The van der Waals surface area contributed by atoms with Gasteiger partial charge in [0.05, 0.1) is 8.95 Å². The fraction of sp³-hybridized carbons (Fsp3) is 0.143. The summed E-state index contributed by atoms with van der Waals surface area (Å²) >= 11 is 10.1. The average Bonchev–Trinajstić information content (AvgIpc) is 2.34. The number of hydrogen-bond acceptors (Lipinski definition) is 2. The van der Waals surface area contributed by atoms with Gasteiger partial charge in [0.2, 0.25) is 0 Å². The Hall–Kier alpha value is -0.520. The summed E-state index contributed by atoms with van der Waals surface area (Å²) < 4.78 is 2.45. The molecule has 0 fully saturated rings. The van der Waals surface area contributed by atoms with Crippen molar-refractivity contribution in [3.8, 4) is 5.75 Å². The predicted octanol–water partition coefficient (Wildman–Crippen LogP) is 5.60. The maximum Gasteiger partial charge on any atom is 0.143 e. The third-order valence-corrected chi connectivity index (χ3v) is 4.45. The molecule has 2 nitrogen and oxygen atoms in total. The zero-order valence-corrected chi connectivity index (χ0v) is 14.9. The van der Waals surface area contributed by atoms with Gasteiger partial charge in [-0.1, -0.05) is 15.9 Å². The van der Waals surface area contributed by atoms with Crippen LogP contribution in [-0.4, -0.2) is 5.11 Å². The first kappa shape index (κ1) is 14.9. The van der Waals surface area contributed by atoms with Crippen LogP contribution in [0.2, 0.25) is 0 Å². The highest BCUT2D eigenvalue weighted by Crippen LogP contribution is 2.33. The van der Waals surface area contributed by atoms with E-state index in [1.807, 2.05) is 24.3 Å². The summed E-state index contributed by atoms with van der Waals surface area (Å²) in [7, 11) is 0. The first-order valence-corrected chi connectivity index (χ1v) is 8.02. The Morgan fingerprint density at radius 3 is 2.26 bits per heavy atom. The summed E-state index contributed by atoms with van der Waals surface area (Å²) in [6.07, 6.45) is 0. The molecule has 0 amide bonds. The highest BCUT2D eigenvalue weighted by atomic mass is 79.9. The molecule has 0 heterocycles. The van der Waals surface area contributed by atoms with Gasteiger partial charge in [-0.3, -0.25) is 0 Å². The van der Waals surface area contributed by atoms with Gasteiger partial charge in [0, 0.05) is 16.7 Å². The van der Waals surface area contributed by atoms with Gasteiger partial charge in [0.25, 0.3) is 0 Å². The molecule has 0 aromatic heterocycles. The molecule has 100 valence electrons. The van der Waals surface area contributed by atoms with Crippen molar-refractivity contribution in [1.29, 1.82) is 0 Å². The fourth-order valence-electron chi connectivity index (χ4n) is 1.74. The molecule has 0 spiro atoms. The highest BCUT2D eigenvalue weighted by Gasteiger charge is 2.06. The number of aromatic hydroxyl groups is 1. The number of benzene rings is 2. The molecule has 2 aromatic rings. The maximum atomic E-state index is 9.67. The van der Waals surface area contributed by atoms with Crippen LogP contribution in [0.4, 0.5) is 5.69 Å². The van der Waals surface area contributed by atoms with Crippen molar-refractivity contribution >= 4 is 53.5 Å². The summed E-state index contributed by atoms with van der Waals surface area (Å²) in [5.41, 5.74) is 3.37. The summed E-state index contributed by atoms with van der Waals surface area (Å²) in [6, 6.07) is 9.94. The summed E-state index contributed by atoms with van der Waals surface area (Å²) in [6.45, 7) is 2.76. The number of rotatable bonds is 3. The molecule has 0 atom stereocenters. The molecule has 0 bridgehead atoms. The van der Waals surface area contributed by atoms with Crippen molar-refractivity contribution in [3.63, 3.8) is 0 Å². The molecule has 2 N–H and O–H groups in total. The van der Waals surface area contributed by atoms with E-state index < -0.39 is 0 Å². The minimum absolute atomic E-state index is 0.226. The molecule has 0 aliphatic heterocycles. The van der Waals surface area contributed by atoms with Crippen LogP contribution in [0.1, 0.15) is 11.1 Å². The zero-order valence-electron chi connectivity index (χ0n) is 10.2. The van der Waals surface area contributed by atoms with E-state index in [2.05, 4.69) is 66.1 Å². The predicted molar refractivity (Wildman–Crippen MR) is 89.7 cm³/mol. The number of hydrogen-bond donors (Lipinski definition) is 2. The number of nitrogens with one attached hydrogen (secondary N) is 1. The number of anilines is 1. The normalized spacial score (nSPS) is 10.5. The molecule has 0 aliphatic rings. The van der Waals surface area contributed by atoms with E-state index in [4.69, 9.17) is 0 Å². The second-order valence-electron chi connectivity index (χ2n) is 4.22. The molecule has 0 unspecified atom stereocenters. The lowest BCUT2D eigenvalue weighted by Gasteiger charge is -2.11. The molecule has 0 aliphatic carbocycles. The van der Waals surface area contributed by atoms with Gasteiger partial charge in [-0.2, -0.15) is 0 Å². The smallest absolute Gasteiger partial charge is 0.143 e. The summed E-state index contributed by atoms with van der Waals surface area (Å²) in [5, 5.41) is 13.1. The largest absolute Gasteiger partial charge is 0.506 e. The van der Waals surface area contributed by atoms with E-state index in [9.17, 15) is 5.11 Å². The lowest BCUT2D eigenvalue weighted by molar-refractivity contribution is 0.468. The third kappa shape index (κ3) is 3.74. The van der Waals surface area contributed by atoms with E-state index >= 15 is 0 Å². The lowest BCUT2D eigenvalue weighted by atomic mass is 10.1. The van der Waals surface area contributed by atoms with Crippen LogP contribution in [0.25, 0.3) is 0 Å². The average molecular weight is 450 g/mol. The SMILES string of the molecule is Cc1cc(Br)ccc1NCc1cc(Br)c(O)c(Br)c1. The van der Waals surface area contributed by atoms with Gasteiger partial charge < -0.3 is 10.4 Å². The van der Waals surface area contributed by atoms with Gasteiger partial charge in [0.15, 0.2) is 0 Å². The van der Waals surface area contributed by atoms with Crippen molar-refractivity contribution < 1.29 is 5.11 Å². The Kier molecular flexibility index (Phi) is 4.92. The van der Waals surface area contributed by atoms with Gasteiger partial charge in [-0.15, -0.1) is 0 Å². The van der Waals surface area contributed by atoms with Gasteiger partial charge in [-0.05, 0) is 80.2 Å². The molecular weight excluding hydrogens is 438 g/mol. The molecule has 2 rings (SSSR count). The summed E-state index contributed by atoms with van der Waals surface area (Å²) in [5.74, 6) is 0.226. The van der Waals surface area contributed by atoms with Crippen molar-refractivity contribution in [3.05, 3.63) is 54.9 Å². The van der Waals surface area contributed by atoms with Crippen LogP contribution in [0.3, 0.4) is 0 Å². The van der Waals surface area contributed by atoms with Crippen LogP contribution in [-0.2, 0) is 6.54 Å². The monoisotopic (exact) mass is 447 g/mol. The Morgan fingerprint density at radius 1 is 1.05 bits per heavy atom. The first-order valence-electron chi connectivity index (χ1n) is 5.64. The van der Waals surface area contributed by atoms with Crippen molar-refractivity contribution in [2.45, 2.75) is 13.5 Å². The van der Waals surface area contributed by atoms with Crippen LogP contribution in [0.5, 0.6) is 5.75 Å². The zero-order chi connectivity index (χ0) is 14.0. The molecule has 5 heteroatoms. The Morgan fingerprint density at radius 2 is 1.68 bits per heavy atom. The van der Waals surface area contributed by atoms with Crippen LogP contribution in [0.15, 0.2) is 43.7 Å². The van der Waals surface area contributed by atoms with Crippen molar-refractivity contribution in [2.75, 3.05) is 5.32 Å². The topological polar surface area (TPSA) is 32.3 Å². The van der Waals surface area contributed by atoms with Gasteiger partial charge in [-0.25, -0.2) is 0 Å². The molecule has 0 saturated heterocycles. The minimum Gasteiger partial charge on any atom is -0.506 e. The van der Waals surface area contributed by atoms with E-state index in [0.29, 0.717) is 15.5 Å². The number of halogens is 3. The molecule has 0 saturated carbocycles. The molecular formula is C14H12Br3NO. The Bertz CT molecular complexity index is 591. The highest BCUT2D eigenvalue weighted by molar-refractivity contribution is 9.11. The second-order valence-corrected chi connectivity index (χ2v) is 6.85. The van der Waals surface area contributed by atoms with Gasteiger partial charge >= 0.3 is 0 Å². The van der Waals surface area contributed by atoms with Crippen LogP contribution < -0.4 is 5.32 Å².